The minimum Gasteiger partial charge on any atom is -0.356 e. The zero-order valence-corrected chi connectivity index (χ0v) is 14.0. The third kappa shape index (κ3) is 7.31. The van der Waals surface area contributed by atoms with Crippen LogP contribution in [0.3, 0.4) is 0 Å². The number of nitrogens with zero attached hydrogens (tertiary/aromatic N) is 1. The smallest absolute Gasteiger partial charge is 0.221 e. The monoisotopic (exact) mass is 324 g/mol. The molecule has 3 N–H and O–H groups in total. The molecule has 0 unspecified atom stereocenters. The van der Waals surface area contributed by atoms with Crippen molar-refractivity contribution >= 4 is 23.5 Å². The molecule has 0 aliphatic heterocycles. The maximum atomic E-state index is 11.5. The van der Waals surface area contributed by atoms with Gasteiger partial charge in [-0.2, -0.15) is 0 Å². The Morgan fingerprint density at radius 1 is 1.14 bits per heavy atom. The summed E-state index contributed by atoms with van der Waals surface area (Å²) in [5, 5.41) is 9.95. The summed E-state index contributed by atoms with van der Waals surface area (Å²) in [7, 11) is 1.71. The van der Waals surface area contributed by atoms with E-state index in [4.69, 9.17) is 11.6 Å². The highest BCUT2D eigenvalue weighted by molar-refractivity contribution is 6.31. The third-order valence-corrected chi connectivity index (χ3v) is 3.45. The molecule has 0 aliphatic rings. The fourth-order valence-corrected chi connectivity index (χ4v) is 2.11. The van der Waals surface area contributed by atoms with Crippen molar-refractivity contribution in [2.24, 2.45) is 4.99 Å². The summed E-state index contributed by atoms with van der Waals surface area (Å²) in [6.45, 7) is 4.04. The lowest BCUT2D eigenvalue weighted by Crippen LogP contribution is -2.40. The zero-order chi connectivity index (χ0) is 16.2. The van der Waals surface area contributed by atoms with Gasteiger partial charge in [-0.15, -0.1) is 0 Å². The van der Waals surface area contributed by atoms with Gasteiger partial charge in [0.2, 0.25) is 5.91 Å². The van der Waals surface area contributed by atoms with Crippen LogP contribution in [0.1, 0.15) is 25.3 Å². The standard InChI is InChI=1S/C16H25ClN4O/c1-3-10-19-15(22)9-12-21-16(18-2)20-11-8-13-6-4-5-7-14(13)17/h4-7H,3,8-12H2,1-2H3,(H,19,22)(H2,18,20,21). The Hall–Kier alpha value is -1.75. The Morgan fingerprint density at radius 2 is 1.86 bits per heavy atom. The SMILES string of the molecule is CCCNC(=O)CCNC(=NC)NCCc1ccccc1Cl. The van der Waals surface area contributed by atoms with E-state index in [0.29, 0.717) is 18.9 Å². The van der Waals surface area contributed by atoms with E-state index in [1.165, 1.54) is 0 Å². The molecule has 0 atom stereocenters. The quantitative estimate of drug-likeness (QED) is 0.506. The van der Waals surface area contributed by atoms with Gasteiger partial charge in [-0.25, -0.2) is 0 Å². The van der Waals surface area contributed by atoms with Crippen LogP contribution in [0.2, 0.25) is 5.02 Å². The molecule has 122 valence electrons. The van der Waals surface area contributed by atoms with Crippen LogP contribution in [0.5, 0.6) is 0 Å². The predicted molar refractivity (Wildman–Crippen MR) is 92.4 cm³/mol. The topological polar surface area (TPSA) is 65.5 Å². The average Bonchev–Trinajstić information content (AvgIpc) is 2.53. The third-order valence-electron chi connectivity index (χ3n) is 3.08. The average molecular weight is 325 g/mol. The zero-order valence-electron chi connectivity index (χ0n) is 13.3. The molecule has 6 heteroatoms. The van der Waals surface area contributed by atoms with Crippen molar-refractivity contribution in [1.29, 1.82) is 0 Å². The first-order valence-corrected chi connectivity index (χ1v) is 7.99. The lowest BCUT2D eigenvalue weighted by molar-refractivity contribution is -0.120. The highest BCUT2D eigenvalue weighted by Crippen LogP contribution is 2.14. The molecule has 1 aromatic rings. The first-order valence-electron chi connectivity index (χ1n) is 7.62. The maximum Gasteiger partial charge on any atom is 0.221 e. The van der Waals surface area contributed by atoms with Crippen LogP contribution >= 0.6 is 11.6 Å². The van der Waals surface area contributed by atoms with E-state index < -0.39 is 0 Å². The molecule has 5 nitrogen and oxygen atoms in total. The van der Waals surface area contributed by atoms with Crippen LogP contribution in [0.15, 0.2) is 29.3 Å². The Labute approximate surface area is 137 Å². The van der Waals surface area contributed by atoms with Gasteiger partial charge in [0.25, 0.3) is 0 Å². The Balaban J connectivity index is 2.23. The highest BCUT2D eigenvalue weighted by atomic mass is 35.5. The largest absolute Gasteiger partial charge is 0.356 e. The van der Waals surface area contributed by atoms with E-state index in [1.807, 2.05) is 31.2 Å². The summed E-state index contributed by atoms with van der Waals surface area (Å²) in [6, 6.07) is 7.80. The summed E-state index contributed by atoms with van der Waals surface area (Å²) in [4.78, 5) is 15.6. The molecule has 0 bridgehead atoms. The molecule has 22 heavy (non-hydrogen) atoms. The number of amides is 1. The van der Waals surface area contributed by atoms with Gasteiger partial charge in [-0.3, -0.25) is 9.79 Å². The van der Waals surface area contributed by atoms with Crippen molar-refractivity contribution < 1.29 is 4.79 Å². The number of hydrogen-bond acceptors (Lipinski definition) is 2. The number of nitrogens with one attached hydrogen (secondary N) is 3. The molecule has 0 aliphatic carbocycles. The van der Waals surface area contributed by atoms with Gasteiger partial charge in [-0.1, -0.05) is 36.7 Å². The van der Waals surface area contributed by atoms with Crippen molar-refractivity contribution in [3.05, 3.63) is 34.9 Å². The maximum absolute atomic E-state index is 11.5. The molecule has 0 spiro atoms. The van der Waals surface area contributed by atoms with Crippen molar-refractivity contribution in [3.63, 3.8) is 0 Å². The highest BCUT2D eigenvalue weighted by Gasteiger charge is 2.03. The van der Waals surface area contributed by atoms with Gasteiger partial charge < -0.3 is 16.0 Å². The molecule has 0 aromatic heterocycles. The van der Waals surface area contributed by atoms with Crippen LogP contribution < -0.4 is 16.0 Å². The van der Waals surface area contributed by atoms with Gasteiger partial charge >= 0.3 is 0 Å². The Bertz CT molecular complexity index is 491. The number of rotatable bonds is 8. The number of carbonyl (C=O) groups is 1. The summed E-state index contributed by atoms with van der Waals surface area (Å²) in [6.07, 6.45) is 2.20. The van der Waals surface area contributed by atoms with Crippen molar-refractivity contribution in [3.8, 4) is 0 Å². The number of hydrogen-bond donors (Lipinski definition) is 3. The first-order chi connectivity index (χ1) is 10.7. The molecule has 1 aromatic carbocycles. The Morgan fingerprint density at radius 3 is 2.55 bits per heavy atom. The van der Waals surface area contributed by atoms with E-state index in [-0.39, 0.29) is 5.91 Å². The molecule has 1 amide bonds. The number of benzene rings is 1. The Kier molecular flexibility index (Phi) is 9.07. The van der Waals surface area contributed by atoms with Crippen LogP contribution in [0.25, 0.3) is 0 Å². The number of carbonyl (C=O) groups excluding carboxylic acids is 1. The summed E-state index contributed by atoms with van der Waals surface area (Å²) in [5.74, 6) is 0.746. The lowest BCUT2D eigenvalue weighted by atomic mass is 10.1. The molecular formula is C16H25ClN4O. The number of halogens is 1. The van der Waals surface area contributed by atoms with Crippen LogP contribution in [0, 0.1) is 0 Å². The second kappa shape index (κ2) is 10.9. The van der Waals surface area contributed by atoms with Crippen LogP contribution in [0.4, 0.5) is 0 Å². The summed E-state index contributed by atoms with van der Waals surface area (Å²) < 4.78 is 0. The van der Waals surface area contributed by atoms with E-state index in [2.05, 4.69) is 20.9 Å². The normalized spacial score (nSPS) is 11.1. The molecule has 0 saturated heterocycles. The molecule has 1 rings (SSSR count). The van der Waals surface area contributed by atoms with E-state index in [1.54, 1.807) is 7.05 Å². The lowest BCUT2D eigenvalue weighted by Gasteiger charge is -2.12. The predicted octanol–water partition coefficient (Wildman–Crippen LogP) is 1.96. The van der Waals surface area contributed by atoms with E-state index in [9.17, 15) is 4.79 Å². The van der Waals surface area contributed by atoms with Gasteiger partial charge in [0, 0.05) is 38.1 Å². The minimum atomic E-state index is 0.0564. The second-order valence-corrected chi connectivity index (χ2v) is 5.27. The van der Waals surface area contributed by atoms with Gasteiger partial charge in [0.15, 0.2) is 5.96 Å². The van der Waals surface area contributed by atoms with Gasteiger partial charge in [0.1, 0.15) is 0 Å². The van der Waals surface area contributed by atoms with Crippen molar-refractivity contribution in [2.45, 2.75) is 26.2 Å². The molecule has 0 saturated carbocycles. The minimum absolute atomic E-state index is 0.0564. The van der Waals surface area contributed by atoms with Crippen molar-refractivity contribution in [1.82, 2.24) is 16.0 Å². The molecule has 0 fully saturated rings. The fraction of sp³-hybridized carbons (Fsp3) is 0.500. The first kappa shape index (κ1) is 18.3. The van der Waals surface area contributed by atoms with Gasteiger partial charge in [-0.05, 0) is 24.5 Å². The second-order valence-electron chi connectivity index (χ2n) is 4.87. The van der Waals surface area contributed by atoms with Gasteiger partial charge in [0.05, 0.1) is 0 Å². The van der Waals surface area contributed by atoms with Crippen LogP contribution in [-0.4, -0.2) is 38.5 Å². The fourth-order valence-electron chi connectivity index (χ4n) is 1.88. The van der Waals surface area contributed by atoms with E-state index in [0.717, 1.165) is 36.5 Å². The van der Waals surface area contributed by atoms with Crippen LogP contribution in [-0.2, 0) is 11.2 Å². The number of aliphatic imine (C=N–C) groups is 1. The number of guanidine groups is 1. The molecular weight excluding hydrogens is 300 g/mol. The molecule has 0 heterocycles. The van der Waals surface area contributed by atoms with Crippen molar-refractivity contribution in [2.75, 3.05) is 26.7 Å². The molecule has 0 radical (unpaired) electrons. The summed E-state index contributed by atoms with van der Waals surface area (Å²) >= 11 is 6.12. The van der Waals surface area contributed by atoms with E-state index >= 15 is 0 Å². The summed E-state index contributed by atoms with van der Waals surface area (Å²) in [5.41, 5.74) is 1.10.